The maximum Gasteiger partial charge on any atom is 0.133 e. The molecule has 2 aromatic carbocycles. The van der Waals surface area contributed by atoms with Crippen LogP contribution in [0.25, 0.3) is 11.1 Å². The van der Waals surface area contributed by atoms with E-state index in [2.05, 4.69) is 0 Å². The number of halogens is 2. The topological polar surface area (TPSA) is 20.2 Å². The van der Waals surface area contributed by atoms with Crippen LogP contribution in [0.15, 0.2) is 42.5 Å². The molecule has 0 aliphatic heterocycles. The van der Waals surface area contributed by atoms with Gasteiger partial charge in [0.2, 0.25) is 0 Å². The van der Waals surface area contributed by atoms with Crippen molar-refractivity contribution >= 4 is 0 Å². The molecule has 2 rings (SSSR count). The number of benzene rings is 2. The molecule has 2 aromatic rings. The standard InChI is InChI=1S/C14H12F2O/c1-9(17)10-2-4-11(5-3-10)13-7-6-12(15)8-14(13)16/h2-9,17H,1H3. The van der Waals surface area contributed by atoms with Gasteiger partial charge in [0.05, 0.1) is 6.10 Å². The molecule has 0 aliphatic rings. The van der Waals surface area contributed by atoms with Crippen molar-refractivity contribution in [1.29, 1.82) is 0 Å². The van der Waals surface area contributed by atoms with Crippen molar-refractivity contribution in [3.05, 3.63) is 59.7 Å². The molecule has 0 radical (unpaired) electrons. The molecule has 0 spiro atoms. The molecule has 0 fully saturated rings. The van der Waals surface area contributed by atoms with Gasteiger partial charge in [-0.2, -0.15) is 0 Å². The molecule has 88 valence electrons. The smallest absolute Gasteiger partial charge is 0.133 e. The third-order valence-corrected chi connectivity index (χ3v) is 2.64. The summed E-state index contributed by atoms with van der Waals surface area (Å²) < 4.78 is 26.3. The van der Waals surface area contributed by atoms with Crippen molar-refractivity contribution in [3.63, 3.8) is 0 Å². The van der Waals surface area contributed by atoms with Gasteiger partial charge in [-0.15, -0.1) is 0 Å². The van der Waals surface area contributed by atoms with E-state index in [9.17, 15) is 13.9 Å². The predicted molar refractivity (Wildman–Crippen MR) is 62.4 cm³/mol. The van der Waals surface area contributed by atoms with Gasteiger partial charge in [-0.1, -0.05) is 24.3 Å². The van der Waals surface area contributed by atoms with E-state index in [4.69, 9.17) is 0 Å². The summed E-state index contributed by atoms with van der Waals surface area (Å²) in [5, 5.41) is 9.35. The van der Waals surface area contributed by atoms with E-state index in [1.54, 1.807) is 31.2 Å². The molecular formula is C14H12F2O. The Hall–Kier alpha value is -1.74. The van der Waals surface area contributed by atoms with Crippen molar-refractivity contribution in [3.8, 4) is 11.1 Å². The molecule has 1 unspecified atom stereocenters. The Morgan fingerprint density at radius 2 is 1.65 bits per heavy atom. The van der Waals surface area contributed by atoms with Crippen LogP contribution in [0.3, 0.4) is 0 Å². The van der Waals surface area contributed by atoms with Crippen molar-refractivity contribution in [2.45, 2.75) is 13.0 Å². The highest BCUT2D eigenvalue weighted by Crippen LogP contribution is 2.25. The van der Waals surface area contributed by atoms with Gasteiger partial charge in [-0.25, -0.2) is 8.78 Å². The first-order valence-electron chi connectivity index (χ1n) is 5.31. The van der Waals surface area contributed by atoms with Gasteiger partial charge in [0.15, 0.2) is 0 Å². The Morgan fingerprint density at radius 1 is 1.00 bits per heavy atom. The Kier molecular flexibility index (Phi) is 3.20. The number of aliphatic hydroxyl groups is 1. The fourth-order valence-corrected chi connectivity index (χ4v) is 1.66. The predicted octanol–water partition coefficient (Wildman–Crippen LogP) is 3.69. The number of hydrogen-bond donors (Lipinski definition) is 1. The van der Waals surface area contributed by atoms with Crippen LogP contribution in [-0.4, -0.2) is 5.11 Å². The monoisotopic (exact) mass is 234 g/mol. The second-order valence-electron chi connectivity index (χ2n) is 3.92. The summed E-state index contributed by atoms with van der Waals surface area (Å²) in [5.74, 6) is -1.18. The molecular weight excluding hydrogens is 222 g/mol. The number of aliphatic hydroxyl groups excluding tert-OH is 1. The highest BCUT2D eigenvalue weighted by molar-refractivity contribution is 5.64. The average molecular weight is 234 g/mol. The lowest BCUT2D eigenvalue weighted by Gasteiger charge is -2.07. The average Bonchev–Trinajstić information content (AvgIpc) is 2.29. The lowest BCUT2D eigenvalue weighted by Crippen LogP contribution is -1.91. The Morgan fingerprint density at radius 3 is 2.18 bits per heavy atom. The molecule has 0 aromatic heterocycles. The molecule has 0 bridgehead atoms. The molecule has 0 heterocycles. The molecule has 1 N–H and O–H groups in total. The Balaban J connectivity index is 2.40. The van der Waals surface area contributed by atoms with Crippen molar-refractivity contribution < 1.29 is 13.9 Å². The van der Waals surface area contributed by atoms with Crippen LogP contribution in [0, 0.1) is 11.6 Å². The van der Waals surface area contributed by atoms with Crippen LogP contribution in [0.2, 0.25) is 0 Å². The van der Waals surface area contributed by atoms with Gasteiger partial charge in [0.1, 0.15) is 11.6 Å². The molecule has 0 saturated heterocycles. The normalized spacial score (nSPS) is 12.5. The van der Waals surface area contributed by atoms with E-state index in [0.717, 1.165) is 11.6 Å². The first-order chi connectivity index (χ1) is 8.08. The molecule has 0 amide bonds. The minimum Gasteiger partial charge on any atom is -0.389 e. The van der Waals surface area contributed by atoms with Crippen LogP contribution in [-0.2, 0) is 0 Å². The summed E-state index contributed by atoms with van der Waals surface area (Å²) in [5.41, 5.74) is 1.77. The third kappa shape index (κ3) is 2.50. The van der Waals surface area contributed by atoms with Crippen molar-refractivity contribution in [1.82, 2.24) is 0 Å². The summed E-state index contributed by atoms with van der Waals surface area (Å²) in [4.78, 5) is 0. The fourth-order valence-electron chi connectivity index (χ4n) is 1.66. The largest absolute Gasteiger partial charge is 0.389 e. The van der Waals surface area contributed by atoms with Gasteiger partial charge in [0, 0.05) is 11.6 Å². The van der Waals surface area contributed by atoms with Gasteiger partial charge in [-0.05, 0) is 30.2 Å². The van der Waals surface area contributed by atoms with Crippen molar-refractivity contribution in [2.75, 3.05) is 0 Å². The second-order valence-corrected chi connectivity index (χ2v) is 3.92. The van der Waals surface area contributed by atoms with Gasteiger partial charge < -0.3 is 5.11 Å². The number of hydrogen-bond acceptors (Lipinski definition) is 1. The first-order valence-corrected chi connectivity index (χ1v) is 5.31. The molecule has 1 nitrogen and oxygen atoms in total. The quantitative estimate of drug-likeness (QED) is 0.840. The first kappa shape index (κ1) is 11.7. The van der Waals surface area contributed by atoms with Crippen LogP contribution in [0.5, 0.6) is 0 Å². The van der Waals surface area contributed by atoms with E-state index in [1.165, 1.54) is 12.1 Å². The van der Waals surface area contributed by atoms with Crippen LogP contribution < -0.4 is 0 Å². The fraction of sp³-hybridized carbons (Fsp3) is 0.143. The highest BCUT2D eigenvalue weighted by atomic mass is 19.1. The maximum absolute atomic E-state index is 13.5. The van der Waals surface area contributed by atoms with Gasteiger partial charge >= 0.3 is 0 Å². The van der Waals surface area contributed by atoms with E-state index in [-0.39, 0.29) is 0 Å². The van der Waals surface area contributed by atoms with Gasteiger partial charge in [0.25, 0.3) is 0 Å². The molecule has 3 heteroatoms. The molecule has 1 atom stereocenters. The van der Waals surface area contributed by atoms with Crippen LogP contribution >= 0.6 is 0 Å². The Bertz CT molecular complexity index is 518. The zero-order chi connectivity index (χ0) is 12.4. The summed E-state index contributed by atoms with van der Waals surface area (Å²) in [7, 11) is 0. The van der Waals surface area contributed by atoms with Crippen molar-refractivity contribution in [2.24, 2.45) is 0 Å². The van der Waals surface area contributed by atoms with E-state index >= 15 is 0 Å². The van der Waals surface area contributed by atoms with E-state index in [1.807, 2.05) is 0 Å². The minimum atomic E-state index is -0.591. The summed E-state index contributed by atoms with van der Waals surface area (Å²) in [6.07, 6.45) is -0.554. The molecule has 0 saturated carbocycles. The highest BCUT2D eigenvalue weighted by Gasteiger charge is 2.07. The second kappa shape index (κ2) is 4.63. The zero-order valence-corrected chi connectivity index (χ0v) is 9.32. The lowest BCUT2D eigenvalue weighted by molar-refractivity contribution is 0.199. The Labute approximate surface area is 98.3 Å². The van der Waals surface area contributed by atoms with E-state index < -0.39 is 17.7 Å². The molecule has 17 heavy (non-hydrogen) atoms. The summed E-state index contributed by atoms with van der Waals surface area (Å²) in [6.45, 7) is 1.66. The maximum atomic E-state index is 13.5. The van der Waals surface area contributed by atoms with Gasteiger partial charge in [-0.3, -0.25) is 0 Å². The summed E-state index contributed by atoms with van der Waals surface area (Å²) in [6, 6.07) is 10.4. The van der Waals surface area contributed by atoms with Crippen LogP contribution in [0.1, 0.15) is 18.6 Å². The molecule has 0 aliphatic carbocycles. The zero-order valence-electron chi connectivity index (χ0n) is 9.32. The van der Waals surface area contributed by atoms with E-state index in [0.29, 0.717) is 11.1 Å². The minimum absolute atomic E-state index is 0.351. The number of rotatable bonds is 2. The SMILES string of the molecule is CC(O)c1ccc(-c2ccc(F)cc2F)cc1. The van der Waals surface area contributed by atoms with Crippen LogP contribution in [0.4, 0.5) is 8.78 Å². The third-order valence-electron chi connectivity index (χ3n) is 2.64. The lowest BCUT2D eigenvalue weighted by atomic mass is 10.0. The summed E-state index contributed by atoms with van der Waals surface area (Å²) >= 11 is 0.